The molecule has 0 fully saturated rings. The predicted molar refractivity (Wildman–Crippen MR) is 114 cm³/mol. The van der Waals surface area contributed by atoms with Crippen molar-refractivity contribution in [2.45, 2.75) is 58.0 Å². The highest BCUT2D eigenvalue weighted by Crippen LogP contribution is 2.28. The Bertz CT molecular complexity index is 969. The van der Waals surface area contributed by atoms with Crippen LogP contribution in [-0.2, 0) is 14.6 Å². The lowest BCUT2D eigenvalue weighted by atomic mass is 10.1. The van der Waals surface area contributed by atoms with Gasteiger partial charge in [0, 0.05) is 0 Å². The van der Waals surface area contributed by atoms with Crippen LogP contribution in [0.2, 0.25) is 0 Å². The van der Waals surface area contributed by atoms with Gasteiger partial charge in [0.15, 0.2) is 15.9 Å². The molecule has 158 valence electrons. The number of unbranched alkanes of at least 4 members (excludes halogenated alkanes) is 1. The average molecular weight is 420 g/mol. The number of hydrogen-bond acceptors (Lipinski definition) is 5. The number of rotatable bonds is 9. The molecule has 29 heavy (non-hydrogen) atoms. The van der Waals surface area contributed by atoms with Crippen LogP contribution in [-0.4, -0.2) is 31.3 Å². The normalized spacial score (nSPS) is 12.4. The number of aryl methyl sites for hydroxylation is 2. The summed E-state index contributed by atoms with van der Waals surface area (Å²) >= 11 is 0. The van der Waals surface area contributed by atoms with Gasteiger partial charge in [-0.2, -0.15) is 0 Å². The lowest BCUT2D eigenvalue weighted by Gasteiger charge is -2.20. The lowest BCUT2D eigenvalue weighted by molar-refractivity contribution is -0.123. The van der Waals surface area contributed by atoms with Crippen LogP contribution in [0.4, 0.5) is 5.69 Å². The van der Waals surface area contributed by atoms with Gasteiger partial charge in [0.05, 0.1) is 16.3 Å². The third kappa shape index (κ3) is 5.97. The largest absolute Gasteiger partial charge is 0.506 e. The SMILES string of the molecule is CCCCC(Oc1ccc(C)cc1C)C(=O)Nc1cc(S(=O)(=O)CC)ccc1O. The fourth-order valence-electron chi connectivity index (χ4n) is 2.91. The topological polar surface area (TPSA) is 92.7 Å². The quantitative estimate of drug-likeness (QED) is 0.589. The summed E-state index contributed by atoms with van der Waals surface area (Å²) in [5.74, 6) is -0.0765. The first kappa shape index (κ1) is 22.7. The van der Waals surface area contributed by atoms with E-state index in [0.717, 1.165) is 24.0 Å². The summed E-state index contributed by atoms with van der Waals surface area (Å²) in [7, 11) is -3.46. The molecule has 2 aromatic carbocycles. The minimum absolute atomic E-state index is 0.0495. The number of benzene rings is 2. The molecule has 0 aliphatic carbocycles. The van der Waals surface area contributed by atoms with Crippen LogP contribution >= 0.6 is 0 Å². The number of carbonyl (C=O) groups is 1. The number of anilines is 1. The van der Waals surface area contributed by atoms with Gasteiger partial charge in [-0.3, -0.25) is 4.79 Å². The number of phenolic OH excluding ortho intramolecular Hbond substituents is 1. The Hall–Kier alpha value is -2.54. The molecule has 2 aromatic rings. The standard InChI is InChI=1S/C22H29NO5S/c1-5-7-8-21(28-20-12-9-15(3)13-16(20)4)22(25)23-18-14-17(10-11-19(18)24)29(26,27)6-2/h9-14,21,24H,5-8H2,1-4H3,(H,23,25). The molecule has 2 N–H and O–H groups in total. The molecular formula is C22H29NO5S. The molecule has 0 spiro atoms. The molecule has 2 rings (SSSR count). The number of amides is 1. The summed E-state index contributed by atoms with van der Waals surface area (Å²) in [4.78, 5) is 12.9. The number of phenols is 1. The van der Waals surface area contributed by atoms with Gasteiger partial charge in [0.25, 0.3) is 5.91 Å². The molecule has 7 heteroatoms. The first-order chi connectivity index (χ1) is 13.7. The number of nitrogens with one attached hydrogen (secondary N) is 1. The van der Waals surface area contributed by atoms with Gasteiger partial charge in [-0.15, -0.1) is 0 Å². The van der Waals surface area contributed by atoms with Crippen molar-refractivity contribution in [2.24, 2.45) is 0 Å². The zero-order valence-electron chi connectivity index (χ0n) is 17.4. The Morgan fingerprint density at radius 2 is 1.86 bits per heavy atom. The average Bonchev–Trinajstić information content (AvgIpc) is 2.68. The smallest absolute Gasteiger partial charge is 0.265 e. The van der Waals surface area contributed by atoms with Crippen LogP contribution in [0.3, 0.4) is 0 Å². The van der Waals surface area contributed by atoms with E-state index >= 15 is 0 Å². The highest BCUT2D eigenvalue weighted by atomic mass is 32.2. The molecule has 1 atom stereocenters. The maximum Gasteiger partial charge on any atom is 0.265 e. The van der Waals surface area contributed by atoms with Crippen molar-refractivity contribution >= 4 is 21.4 Å². The molecular weight excluding hydrogens is 390 g/mol. The molecule has 0 radical (unpaired) electrons. The summed E-state index contributed by atoms with van der Waals surface area (Å²) < 4.78 is 30.2. The van der Waals surface area contributed by atoms with Gasteiger partial charge >= 0.3 is 0 Å². The van der Waals surface area contributed by atoms with Gasteiger partial charge in [-0.25, -0.2) is 8.42 Å². The summed E-state index contributed by atoms with van der Waals surface area (Å²) in [6.07, 6.45) is 1.43. The van der Waals surface area contributed by atoms with Crippen molar-refractivity contribution in [2.75, 3.05) is 11.1 Å². The zero-order valence-corrected chi connectivity index (χ0v) is 18.2. The third-order valence-corrected chi connectivity index (χ3v) is 6.41. The van der Waals surface area contributed by atoms with Gasteiger partial charge in [0.1, 0.15) is 11.5 Å². The van der Waals surface area contributed by atoms with Crippen molar-refractivity contribution in [1.82, 2.24) is 0 Å². The van der Waals surface area contributed by atoms with Crippen molar-refractivity contribution in [3.8, 4) is 11.5 Å². The minimum atomic E-state index is -3.46. The van der Waals surface area contributed by atoms with E-state index < -0.39 is 21.8 Å². The Morgan fingerprint density at radius 1 is 1.14 bits per heavy atom. The predicted octanol–water partition coefficient (Wildman–Crippen LogP) is 4.38. The molecule has 0 saturated heterocycles. The molecule has 0 aromatic heterocycles. The summed E-state index contributed by atoms with van der Waals surface area (Å²) in [5.41, 5.74) is 2.08. The van der Waals surface area contributed by atoms with E-state index in [1.54, 1.807) is 6.92 Å². The van der Waals surface area contributed by atoms with E-state index in [1.807, 2.05) is 39.0 Å². The lowest BCUT2D eigenvalue weighted by Crippen LogP contribution is -2.33. The Balaban J connectivity index is 2.27. The van der Waals surface area contributed by atoms with E-state index in [9.17, 15) is 18.3 Å². The van der Waals surface area contributed by atoms with Crippen LogP contribution in [0.25, 0.3) is 0 Å². The Labute approximate surface area is 172 Å². The maximum absolute atomic E-state index is 12.9. The Morgan fingerprint density at radius 3 is 2.48 bits per heavy atom. The summed E-state index contributed by atoms with van der Waals surface area (Å²) in [5, 5.41) is 12.7. The first-order valence-electron chi connectivity index (χ1n) is 9.78. The van der Waals surface area contributed by atoms with Crippen LogP contribution < -0.4 is 10.1 Å². The molecule has 6 nitrogen and oxygen atoms in total. The summed E-state index contributed by atoms with van der Waals surface area (Å²) in [6, 6.07) is 9.61. The molecule has 0 aliphatic heterocycles. The maximum atomic E-state index is 12.9. The van der Waals surface area contributed by atoms with Crippen molar-refractivity contribution in [3.63, 3.8) is 0 Å². The van der Waals surface area contributed by atoms with Crippen LogP contribution in [0, 0.1) is 13.8 Å². The number of hydrogen-bond donors (Lipinski definition) is 2. The van der Waals surface area contributed by atoms with E-state index in [0.29, 0.717) is 12.2 Å². The van der Waals surface area contributed by atoms with Crippen molar-refractivity contribution in [1.29, 1.82) is 0 Å². The van der Waals surface area contributed by atoms with Crippen LogP contribution in [0.1, 0.15) is 44.2 Å². The highest BCUT2D eigenvalue weighted by molar-refractivity contribution is 7.91. The molecule has 0 heterocycles. The van der Waals surface area contributed by atoms with E-state index in [1.165, 1.54) is 18.2 Å². The monoisotopic (exact) mass is 419 g/mol. The van der Waals surface area contributed by atoms with Crippen LogP contribution in [0.15, 0.2) is 41.3 Å². The highest BCUT2D eigenvalue weighted by Gasteiger charge is 2.23. The minimum Gasteiger partial charge on any atom is -0.506 e. The number of ether oxygens (including phenoxy) is 1. The van der Waals surface area contributed by atoms with Gasteiger partial charge < -0.3 is 15.2 Å². The molecule has 0 saturated carbocycles. The second kappa shape index (κ2) is 9.78. The van der Waals surface area contributed by atoms with E-state index in [2.05, 4.69) is 5.32 Å². The number of aromatic hydroxyl groups is 1. The number of carbonyl (C=O) groups excluding carboxylic acids is 1. The number of sulfone groups is 1. The second-order valence-electron chi connectivity index (χ2n) is 7.09. The summed E-state index contributed by atoms with van der Waals surface area (Å²) in [6.45, 7) is 7.47. The molecule has 1 unspecified atom stereocenters. The fourth-order valence-corrected chi connectivity index (χ4v) is 3.81. The molecule has 0 aliphatic rings. The van der Waals surface area contributed by atoms with Crippen molar-refractivity contribution in [3.05, 3.63) is 47.5 Å². The zero-order chi connectivity index (χ0) is 21.6. The van der Waals surface area contributed by atoms with Gasteiger partial charge in [-0.05, 0) is 56.5 Å². The van der Waals surface area contributed by atoms with Gasteiger partial charge in [-0.1, -0.05) is 38.0 Å². The molecule has 0 bridgehead atoms. The second-order valence-corrected chi connectivity index (χ2v) is 9.37. The van der Waals surface area contributed by atoms with E-state index in [4.69, 9.17) is 4.74 Å². The van der Waals surface area contributed by atoms with Gasteiger partial charge in [0.2, 0.25) is 0 Å². The Kier molecular flexibility index (Phi) is 7.67. The first-order valence-corrected chi connectivity index (χ1v) is 11.4. The van der Waals surface area contributed by atoms with Crippen molar-refractivity contribution < 1.29 is 23.1 Å². The van der Waals surface area contributed by atoms with Crippen LogP contribution in [0.5, 0.6) is 11.5 Å². The fraction of sp³-hybridized carbons (Fsp3) is 0.409. The van der Waals surface area contributed by atoms with E-state index in [-0.39, 0.29) is 22.1 Å². The third-order valence-electron chi connectivity index (χ3n) is 4.68. The molecule has 1 amide bonds.